The van der Waals surface area contributed by atoms with E-state index in [1.165, 1.54) is 23.3 Å². The van der Waals surface area contributed by atoms with Crippen molar-refractivity contribution >= 4 is 55.7 Å². The fourth-order valence-electron chi connectivity index (χ4n) is 4.41. The fourth-order valence-corrected chi connectivity index (χ4v) is 5.78. The van der Waals surface area contributed by atoms with Crippen LogP contribution in [0.15, 0.2) is 66.2 Å². The SMILES string of the molecule is COc1cccc(/C(O)=C2\C(=O)C(=O)N(c3nc4c(C)cc(C)cc4s3)C2c2cccc(Cl)c2)c1. The second-order valence-corrected chi connectivity index (χ2v) is 9.83. The lowest BCUT2D eigenvalue weighted by molar-refractivity contribution is -0.132. The Hall–Kier alpha value is -3.68. The average Bonchev–Trinajstić information content (AvgIpc) is 3.37. The molecule has 1 amide bonds. The van der Waals surface area contributed by atoms with Crippen molar-refractivity contribution in [1.82, 2.24) is 4.98 Å². The number of rotatable bonds is 4. The molecule has 1 atom stereocenters. The van der Waals surface area contributed by atoms with E-state index in [2.05, 4.69) is 0 Å². The van der Waals surface area contributed by atoms with E-state index in [1.807, 2.05) is 26.0 Å². The Labute approximate surface area is 211 Å². The molecule has 0 saturated carbocycles. The number of methoxy groups -OCH3 is 1. The molecule has 2 heterocycles. The molecule has 4 aromatic rings. The van der Waals surface area contributed by atoms with Gasteiger partial charge in [-0.25, -0.2) is 4.98 Å². The lowest BCUT2D eigenvalue weighted by Crippen LogP contribution is -2.29. The maximum atomic E-state index is 13.4. The molecule has 1 aliphatic rings. The zero-order chi connectivity index (χ0) is 24.9. The number of thiazole rings is 1. The highest BCUT2D eigenvalue weighted by Crippen LogP contribution is 2.45. The Kier molecular flexibility index (Phi) is 5.83. The highest BCUT2D eigenvalue weighted by atomic mass is 35.5. The van der Waals surface area contributed by atoms with Crippen LogP contribution in [-0.2, 0) is 9.59 Å². The number of nitrogens with zero attached hydrogens (tertiary/aromatic N) is 2. The van der Waals surface area contributed by atoms with E-state index < -0.39 is 17.7 Å². The van der Waals surface area contributed by atoms with E-state index in [4.69, 9.17) is 21.3 Å². The summed E-state index contributed by atoms with van der Waals surface area (Å²) in [6, 6.07) is 16.8. The number of hydrogen-bond acceptors (Lipinski definition) is 6. The van der Waals surface area contributed by atoms with Crippen LogP contribution in [0.25, 0.3) is 16.0 Å². The first-order chi connectivity index (χ1) is 16.8. The van der Waals surface area contributed by atoms with Crippen molar-refractivity contribution in [3.8, 4) is 5.75 Å². The minimum absolute atomic E-state index is 0.0299. The molecule has 1 aromatic heterocycles. The first-order valence-corrected chi connectivity index (χ1v) is 12.1. The number of anilines is 1. The summed E-state index contributed by atoms with van der Waals surface area (Å²) in [6.07, 6.45) is 0. The van der Waals surface area contributed by atoms with Gasteiger partial charge in [-0.1, -0.05) is 53.3 Å². The largest absolute Gasteiger partial charge is 0.507 e. The van der Waals surface area contributed by atoms with E-state index in [0.717, 1.165) is 21.3 Å². The van der Waals surface area contributed by atoms with Crippen molar-refractivity contribution in [2.45, 2.75) is 19.9 Å². The molecular formula is C27H21ClN2O4S. The third-order valence-electron chi connectivity index (χ3n) is 5.98. The van der Waals surface area contributed by atoms with Crippen molar-refractivity contribution in [1.29, 1.82) is 0 Å². The Morgan fingerprint density at radius 1 is 1.09 bits per heavy atom. The molecule has 0 spiro atoms. The highest BCUT2D eigenvalue weighted by molar-refractivity contribution is 7.22. The number of carbonyl (C=O) groups excluding carboxylic acids is 2. The molecule has 0 aliphatic carbocycles. The van der Waals surface area contributed by atoms with Gasteiger partial charge >= 0.3 is 5.91 Å². The first-order valence-electron chi connectivity index (χ1n) is 10.9. The van der Waals surface area contributed by atoms with Crippen molar-refractivity contribution in [2.24, 2.45) is 0 Å². The van der Waals surface area contributed by atoms with Gasteiger partial charge < -0.3 is 9.84 Å². The number of hydrogen-bond donors (Lipinski definition) is 1. The number of aliphatic hydroxyl groups is 1. The number of carbonyl (C=O) groups is 2. The molecule has 0 radical (unpaired) electrons. The van der Waals surface area contributed by atoms with E-state index in [1.54, 1.807) is 48.5 Å². The van der Waals surface area contributed by atoms with Crippen LogP contribution in [-0.4, -0.2) is 28.9 Å². The van der Waals surface area contributed by atoms with Crippen LogP contribution >= 0.6 is 22.9 Å². The van der Waals surface area contributed by atoms with Crippen molar-refractivity contribution in [3.63, 3.8) is 0 Å². The summed E-state index contributed by atoms with van der Waals surface area (Å²) in [4.78, 5) is 32.9. The normalized spacial score (nSPS) is 17.4. The molecule has 6 nitrogen and oxygen atoms in total. The smallest absolute Gasteiger partial charge is 0.301 e. The van der Waals surface area contributed by atoms with Crippen LogP contribution < -0.4 is 9.64 Å². The highest BCUT2D eigenvalue weighted by Gasteiger charge is 2.48. The zero-order valence-corrected chi connectivity index (χ0v) is 20.8. The predicted octanol–water partition coefficient (Wildman–Crippen LogP) is 6.20. The van der Waals surface area contributed by atoms with Crippen LogP contribution in [0, 0.1) is 13.8 Å². The van der Waals surface area contributed by atoms with Gasteiger partial charge in [0.15, 0.2) is 5.13 Å². The summed E-state index contributed by atoms with van der Waals surface area (Å²) in [7, 11) is 1.51. The Bertz CT molecular complexity index is 1540. The van der Waals surface area contributed by atoms with E-state index in [0.29, 0.717) is 27.0 Å². The summed E-state index contributed by atoms with van der Waals surface area (Å²) < 4.78 is 6.18. The standard InChI is InChI=1S/C27H21ClN2O4S/c1-14-10-15(2)22-20(11-14)35-27(29-22)30-23(16-6-4-8-18(28)12-16)21(25(32)26(30)33)24(31)17-7-5-9-19(13-17)34-3/h4-13,23,31H,1-3H3/b24-21+. The quantitative estimate of drug-likeness (QED) is 0.203. The number of fused-ring (bicyclic) bond motifs is 1. The summed E-state index contributed by atoms with van der Waals surface area (Å²) >= 11 is 7.61. The van der Waals surface area contributed by atoms with Crippen LogP contribution in [0.2, 0.25) is 5.02 Å². The van der Waals surface area contributed by atoms with Crippen LogP contribution in [0.1, 0.15) is 28.3 Å². The molecule has 1 unspecified atom stereocenters. The third kappa shape index (κ3) is 3.96. The minimum Gasteiger partial charge on any atom is -0.507 e. The molecule has 8 heteroatoms. The number of aryl methyl sites for hydroxylation is 2. The average molecular weight is 505 g/mol. The van der Waals surface area contributed by atoms with Crippen molar-refractivity contribution < 1.29 is 19.4 Å². The molecule has 1 aliphatic heterocycles. The molecule has 5 rings (SSSR count). The van der Waals surface area contributed by atoms with Crippen molar-refractivity contribution in [3.05, 3.63) is 93.5 Å². The Morgan fingerprint density at radius 2 is 1.86 bits per heavy atom. The Morgan fingerprint density at radius 3 is 2.60 bits per heavy atom. The fraction of sp³-hybridized carbons (Fsp3) is 0.148. The number of aromatic nitrogens is 1. The molecule has 35 heavy (non-hydrogen) atoms. The molecular weight excluding hydrogens is 484 g/mol. The van der Waals surface area contributed by atoms with Gasteiger partial charge in [-0.05, 0) is 60.9 Å². The summed E-state index contributed by atoms with van der Waals surface area (Å²) in [6.45, 7) is 3.96. The number of benzene rings is 3. The summed E-state index contributed by atoms with van der Waals surface area (Å²) in [5, 5.41) is 12.1. The van der Waals surface area contributed by atoms with Crippen LogP contribution in [0.5, 0.6) is 5.75 Å². The van der Waals surface area contributed by atoms with E-state index in [9.17, 15) is 14.7 Å². The third-order valence-corrected chi connectivity index (χ3v) is 7.21. The molecule has 176 valence electrons. The van der Waals surface area contributed by atoms with Crippen LogP contribution in [0.3, 0.4) is 0 Å². The van der Waals surface area contributed by atoms with Crippen LogP contribution in [0.4, 0.5) is 5.13 Å². The van der Waals surface area contributed by atoms with Gasteiger partial charge in [0.1, 0.15) is 11.5 Å². The molecule has 1 fully saturated rings. The van der Waals surface area contributed by atoms with E-state index in [-0.39, 0.29) is 11.3 Å². The molecule has 1 saturated heterocycles. The lowest BCUT2D eigenvalue weighted by atomic mass is 9.95. The molecule has 3 aromatic carbocycles. The number of Topliss-reactive ketones (excluding diaryl/α,β-unsaturated/α-hetero) is 1. The maximum Gasteiger partial charge on any atom is 0.301 e. The van der Waals surface area contributed by atoms with Gasteiger partial charge in [0.2, 0.25) is 0 Å². The molecule has 0 bridgehead atoms. The maximum absolute atomic E-state index is 13.4. The minimum atomic E-state index is -0.901. The predicted molar refractivity (Wildman–Crippen MR) is 138 cm³/mol. The van der Waals surface area contributed by atoms with Gasteiger partial charge in [0.05, 0.1) is 28.9 Å². The van der Waals surface area contributed by atoms with Gasteiger partial charge in [-0.3, -0.25) is 14.5 Å². The summed E-state index contributed by atoms with van der Waals surface area (Å²) in [5.74, 6) is -1.32. The second-order valence-electron chi connectivity index (χ2n) is 8.38. The summed E-state index contributed by atoms with van der Waals surface area (Å²) in [5.41, 5.74) is 3.76. The first kappa shape index (κ1) is 23.1. The molecule has 1 N–H and O–H groups in total. The zero-order valence-electron chi connectivity index (χ0n) is 19.2. The van der Waals surface area contributed by atoms with Gasteiger partial charge in [0, 0.05) is 10.6 Å². The monoisotopic (exact) mass is 504 g/mol. The van der Waals surface area contributed by atoms with Gasteiger partial charge in [-0.2, -0.15) is 0 Å². The van der Waals surface area contributed by atoms with E-state index >= 15 is 0 Å². The van der Waals surface area contributed by atoms with Crippen molar-refractivity contribution in [2.75, 3.05) is 12.0 Å². The lowest BCUT2D eigenvalue weighted by Gasteiger charge is -2.23. The number of amides is 1. The second kappa shape index (κ2) is 8.83. The number of halogens is 1. The number of aliphatic hydroxyl groups excluding tert-OH is 1. The van der Waals surface area contributed by atoms with Gasteiger partial charge in [-0.15, -0.1) is 0 Å². The Balaban J connectivity index is 1.75. The number of ketones is 1. The topological polar surface area (TPSA) is 79.7 Å². The van der Waals surface area contributed by atoms with Gasteiger partial charge in [0.25, 0.3) is 5.78 Å². The number of ether oxygens (including phenoxy) is 1.